The van der Waals surface area contributed by atoms with E-state index in [1.165, 1.54) is 6.07 Å². The second kappa shape index (κ2) is 7.10. The molecule has 2 aromatic carbocycles. The van der Waals surface area contributed by atoms with Gasteiger partial charge in [-0.3, -0.25) is 0 Å². The Morgan fingerprint density at radius 2 is 1.67 bits per heavy atom. The van der Waals surface area contributed by atoms with E-state index in [1.807, 2.05) is 30.3 Å². The van der Waals surface area contributed by atoms with Crippen LogP contribution in [0.15, 0.2) is 59.5 Å². The number of sulfonamides is 1. The molecule has 0 heterocycles. The van der Waals surface area contributed by atoms with Crippen molar-refractivity contribution >= 4 is 15.7 Å². The van der Waals surface area contributed by atoms with Crippen molar-refractivity contribution in [1.82, 2.24) is 0 Å². The van der Waals surface area contributed by atoms with Crippen LogP contribution in [0, 0.1) is 0 Å². The monoisotopic (exact) mass is 306 g/mol. The van der Waals surface area contributed by atoms with Gasteiger partial charge in [0.15, 0.2) is 0 Å². The Balaban J connectivity index is 1.82. The first-order chi connectivity index (χ1) is 10.1. The largest absolute Gasteiger partial charge is 0.494 e. The second-order valence-corrected chi connectivity index (χ2v) is 6.01. The van der Waals surface area contributed by atoms with Gasteiger partial charge in [0.2, 0.25) is 10.0 Å². The van der Waals surface area contributed by atoms with E-state index in [2.05, 4.69) is 5.32 Å². The van der Waals surface area contributed by atoms with Gasteiger partial charge in [0.25, 0.3) is 0 Å². The van der Waals surface area contributed by atoms with Crippen LogP contribution < -0.4 is 15.2 Å². The number of rotatable bonds is 7. The molecule has 21 heavy (non-hydrogen) atoms. The van der Waals surface area contributed by atoms with Crippen molar-refractivity contribution < 1.29 is 13.2 Å². The first-order valence-corrected chi connectivity index (χ1v) is 8.15. The number of nitrogens with one attached hydrogen (secondary N) is 1. The Kier molecular flexibility index (Phi) is 5.19. The van der Waals surface area contributed by atoms with Crippen molar-refractivity contribution in [2.24, 2.45) is 5.14 Å². The van der Waals surface area contributed by atoms with Gasteiger partial charge in [0.05, 0.1) is 12.3 Å². The molecular formula is C15H18N2O3S. The van der Waals surface area contributed by atoms with Crippen LogP contribution in [0.25, 0.3) is 0 Å². The van der Waals surface area contributed by atoms with Gasteiger partial charge in [0, 0.05) is 6.54 Å². The summed E-state index contributed by atoms with van der Waals surface area (Å²) in [5.74, 6) is 0.822. The van der Waals surface area contributed by atoms with Crippen LogP contribution in [0.3, 0.4) is 0 Å². The number of ether oxygens (including phenoxy) is 1. The summed E-state index contributed by atoms with van der Waals surface area (Å²) in [5.41, 5.74) is 0.514. The smallest absolute Gasteiger partial charge is 0.240 e. The standard InChI is InChI=1S/C15H18N2O3S/c16-21(18,19)15-10-5-4-9-14(15)17-11-6-12-20-13-7-2-1-3-8-13/h1-5,7-10,17H,6,11-12H2,(H2,16,18,19). The van der Waals surface area contributed by atoms with E-state index >= 15 is 0 Å². The first-order valence-electron chi connectivity index (χ1n) is 6.61. The van der Waals surface area contributed by atoms with E-state index < -0.39 is 10.0 Å². The predicted molar refractivity (Wildman–Crippen MR) is 82.9 cm³/mol. The lowest BCUT2D eigenvalue weighted by Crippen LogP contribution is -2.16. The number of hydrogen-bond acceptors (Lipinski definition) is 4. The van der Waals surface area contributed by atoms with Crippen molar-refractivity contribution in [3.63, 3.8) is 0 Å². The van der Waals surface area contributed by atoms with Crippen LogP contribution in [-0.2, 0) is 10.0 Å². The molecule has 0 spiro atoms. The zero-order valence-corrected chi connectivity index (χ0v) is 12.3. The SMILES string of the molecule is NS(=O)(=O)c1ccccc1NCCCOc1ccccc1. The molecule has 3 N–H and O–H groups in total. The van der Waals surface area contributed by atoms with Crippen LogP contribution >= 0.6 is 0 Å². The van der Waals surface area contributed by atoms with Crippen LogP contribution in [0.5, 0.6) is 5.75 Å². The van der Waals surface area contributed by atoms with E-state index in [0.29, 0.717) is 18.8 Å². The third-order valence-electron chi connectivity index (χ3n) is 2.84. The highest BCUT2D eigenvalue weighted by molar-refractivity contribution is 7.89. The Labute approximate surface area is 124 Å². The maximum atomic E-state index is 11.4. The van der Waals surface area contributed by atoms with E-state index in [9.17, 15) is 8.42 Å². The first kappa shape index (κ1) is 15.3. The van der Waals surface area contributed by atoms with Gasteiger partial charge in [-0.05, 0) is 30.7 Å². The van der Waals surface area contributed by atoms with Gasteiger partial charge in [0.1, 0.15) is 10.6 Å². The van der Waals surface area contributed by atoms with Crippen LogP contribution in [-0.4, -0.2) is 21.6 Å². The van der Waals surface area contributed by atoms with Gasteiger partial charge in [-0.15, -0.1) is 0 Å². The molecule has 0 bridgehead atoms. The van der Waals surface area contributed by atoms with E-state index in [0.717, 1.165) is 12.2 Å². The fourth-order valence-electron chi connectivity index (χ4n) is 1.86. The minimum Gasteiger partial charge on any atom is -0.494 e. The molecule has 2 aromatic rings. The highest BCUT2D eigenvalue weighted by Crippen LogP contribution is 2.19. The summed E-state index contributed by atoms with van der Waals surface area (Å²) < 4.78 is 28.4. The van der Waals surface area contributed by atoms with Gasteiger partial charge in [-0.1, -0.05) is 30.3 Å². The maximum Gasteiger partial charge on any atom is 0.240 e. The van der Waals surface area contributed by atoms with E-state index in [4.69, 9.17) is 9.88 Å². The van der Waals surface area contributed by atoms with Crippen LogP contribution in [0.2, 0.25) is 0 Å². The summed E-state index contributed by atoms with van der Waals surface area (Å²) in [6, 6.07) is 16.1. The molecule has 0 radical (unpaired) electrons. The number of anilines is 1. The Bertz CT molecular complexity index is 672. The molecule has 0 aliphatic rings. The molecule has 0 amide bonds. The molecule has 0 saturated carbocycles. The summed E-state index contributed by atoms with van der Waals surface area (Å²) >= 11 is 0. The number of para-hydroxylation sites is 2. The molecule has 0 unspecified atom stereocenters. The zero-order valence-electron chi connectivity index (χ0n) is 11.5. The maximum absolute atomic E-state index is 11.4. The van der Waals surface area contributed by atoms with Crippen LogP contribution in [0.1, 0.15) is 6.42 Å². The van der Waals surface area contributed by atoms with E-state index in [-0.39, 0.29) is 4.90 Å². The Morgan fingerprint density at radius 1 is 1.00 bits per heavy atom. The number of primary sulfonamides is 1. The molecule has 112 valence electrons. The summed E-state index contributed by atoms with van der Waals surface area (Å²) in [5, 5.41) is 8.24. The topological polar surface area (TPSA) is 81.4 Å². The van der Waals surface area contributed by atoms with Crippen molar-refractivity contribution in [1.29, 1.82) is 0 Å². The number of hydrogen-bond donors (Lipinski definition) is 2. The fourth-order valence-corrected chi connectivity index (χ4v) is 2.58. The Hall–Kier alpha value is -2.05. The number of nitrogens with two attached hydrogens (primary N) is 1. The zero-order chi connectivity index (χ0) is 15.1. The quantitative estimate of drug-likeness (QED) is 0.769. The van der Waals surface area contributed by atoms with Crippen molar-refractivity contribution in [2.45, 2.75) is 11.3 Å². The highest BCUT2D eigenvalue weighted by Gasteiger charge is 2.12. The average Bonchev–Trinajstić information content (AvgIpc) is 2.47. The van der Waals surface area contributed by atoms with E-state index in [1.54, 1.807) is 18.2 Å². The fraction of sp³-hybridized carbons (Fsp3) is 0.200. The average molecular weight is 306 g/mol. The lowest BCUT2D eigenvalue weighted by Gasteiger charge is -2.11. The third-order valence-corrected chi connectivity index (χ3v) is 3.81. The summed E-state index contributed by atoms with van der Waals surface area (Å²) in [6.45, 7) is 1.15. The summed E-state index contributed by atoms with van der Waals surface area (Å²) in [6.07, 6.45) is 0.744. The predicted octanol–water partition coefficient (Wildman–Crippen LogP) is 2.21. The summed E-state index contributed by atoms with van der Waals surface area (Å²) in [4.78, 5) is 0.106. The normalized spacial score (nSPS) is 11.1. The Morgan fingerprint density at radius 3 is 2.38 bits per heavy atom. The van der Waals surface area contributed by atoms with Crippen molar-refractivity contribution in [3.05, 3.63) is 54.6 Å². The summed E-state index contributed by atoms with van der Waals surface area (Å²) in [7, 11) is -3.71. The number of benzene rings is 2. The van der Waals surface area contributed by atoms with Gasteiger partial charge >= 0.3 is 0 Å². The molecule has 2 rings (SSSR count). The van der Waals surface area contributed by atoms with Crippen LogP contribution in [0.4, 0.5) is 5.69 Å². The van der Waals surface area contributed by atoms with Gasteiger partial charge in [-0.25, -0.2) is 13.6 Å². The molecule has 0 atom stereocenters. The molecule has 0 aliphatic carbocycles. The van der Waals surface area contributed by atoms with Gasteiger partial charge < -0.3 is 10.1 Å². The molecule has 6 heteroatoms. The molecule has 0 saturated heterocycles. The molecule has 5 nitrogen and oxygen atoms in total. The highest BCUT2D eigenvalue weighted by atomic mass is 32.2. The van der Waals surface area contributed by atoms with Gasteiger partial charge in [-0.2, -0.15) is 0 Å². The second-order valence-electron chi connectivity index (χ2n) is 4.48. The third kappa shape index (κ3) is 4.77. The van der Waals surface area contributed by atoms with Crippen molar-refractivity contribution in [3.8, 4) is 5.75 Å². The molecule has 0 aliphatic heterocycles. The van der Waals surface area contributed by atoms with Crippen molar-refractivity contribution in [2.75, 3.05) is 18.5 Å². The molecule has 0 fully saturated rings. The molecule has 0 aromatic heterocycles. The lowest BCUT2D eigenvalue weighted by molar-refractivity contribution is 0.315. The minimum atomic E-state index is -3.71. The molecular weight excluding hydrogens is 288 g/mol. The minimum absolute atomic E-state index is 0.106. The lowest BCUT2D eigenvalue weighted by atomic mass is 10.3.